The lowest BCUT2D eigenvalue weighted by Crippen LogP contribution is -2.32. The second kappa shape index (κ2) is 5.79. The standard InChI is InChI=1S/C15H14F2N4O2/c1-21-12(13(16)17)7-11(20-21)15(23)19-10-4-2-3-9-8(10)5-6-18-14(9)22/h2-4,7,13H,5-6H2,1H3,(H,18,22)(H,19,23). The zero-order valence-corrected chi connectivity index (χ0v) is 12.3. The lowest BCUT2D eigenvalue weighted by Gasteiger charge is -2.19. The van der Waals surface area contributed by atoms with Crippen LogP contribution in [-0.4, -0.2) is 28.1 Å². The minimum absolute atomic E-state index is 0.0966. The lowest BCUT2D eigenvalue weighted by molar-refractivity contribution is 0.0944. The fourth-order valence-corrected chi connectivity index (χ4v) is 2.57. The number of alkyl halides is 2. The first-order valence-electron chi connectivity index (χ1n) is 7.01. The Kier molecular flexibility index (Phi) is 3.81. The molecule has 2 aromatic rings. The summed E-state index contributed by atoms with van der Waals surface area (Å²) in [4.78, 5) is 24.0. The number of amides is 2. The summed E-state index contributed by atoms with van der Waals surface area (Å²) in [6.45, 7) is 0.484. The van der Waals surface area contributed by atoms with E-state index in [2.05, 4.69) is 15.7 Å². The number of hydrogen-bond acceptors (Lipinski definition) is 3. The maximum Gasteiger partial charge on any atom is 0.280 e. The van der Waals surface area contributed by atoms with Crippen molar-refractivity contribution in [1.29, 1.82) is 0 Å². The van der Waals surface area contributed by atoms with Crippen LogP contribution in [0.3, 0.4) is 0 Å². The Bertz CT molecular complexity index is 786. The van der Waals surface area contributed by atoms with Gasteiger partial charge in [0.25, 0.3) is 18.2 Å². The van der Waals surface area contributed by atoms with Crippen molar-refractivity contribution in [3.05, 3.63) is 46.8 Å². The lowest BCUT2D eigenvalue weighted by atomic mass is 9.98. The molecule has 3 rings (SSSR count). The predicted octanol–water partition coefficient (Wildman–Crippen LogP) is 1.90. The number of nitrogens with one attached hydrogen (secondary N) is 2. The molecule has 1 aromatic heterocycles. The maximum absolute atomic E-state index is 12.8. The Morgan fingerprint density at radius 2 is 2.22 bits per heavy atom. The second-order valence-electron chi connectivity index (χ2n) is 5.17. The summed E-state index contributed by atoms with van der Waals surface area (Å²) >= 11 is 0. The molecule has 0 atom stereocenters. The van der Waals surface area contributed by atoms with Crippen molar-refractivity contribution in [3.63, 3.8) is 0 Å². The quantitative estimate of drug-likeness (QED) is 0.907. The fourth-order valence-electron chi connectivity index (χ4n) is 2.57. The van der Waals surface area contributed by atoms with E-state index in [0.717, 1.165) is 16.3 Å². The van der Waals surface area contributed by atoms with Gasteiger partial charge < -0.3 is 10.6 Å². The number of hydrogen-bond donors (Lipinski definition) is 2. The summed E-state index contributed by atoms with van der Waals surface area (Å²) in [6, 6.07) is 6.06. The molecule has 0 aliphatic carbocycles. The van der Waals surface area contributed by atoms with Gasteiger partial charge in [0.1, 0.15) is 5.69 Å². The van der Waals surface area contributed by atoms with Crippen LogP contribution < -0.4 is 10.6 Å². The van der Waals surface area contributed by atoms with Crippen LogP contribution in [0.5, 0.6) is 0 Å². The molecule has 0 spiro atoms. The van der Waals surface area contributed by atoms with Gasteiger partial charge in [-0.25, -0.2) is 8.78 Å². The molecule has 0 fully saturated rings. The number of anilines is 1. The molecule has 0 unspecified atom stereocenters. The highest BCUT2D eigenvalue weighted by Gasteiger charge is 2.22. The van der Waals surface area contributed by atoms with Gasteiger partial charge in [-0.15, -0.1) is 0 Å². The molecule has 0 bridgehead atoms. The van der Waals surface area contributed by atoms with E-state index in [1.165, 1.54) is 7.05 Å². The third-order valence-corrected chi connectivity index (χ3v) is 3.70. The zero-order chi connectivity index (χ0) is 16.6. The van der Waals surface area contributed by atoms with Crippen LogP contribution in [-0.2, 0) is 13.5 Å². The molecule has 1 aliphatic rings. The van der Waals surface area contributed by atoms with Gasteiger partial charge in [0.15, 0.2) is 5.69 Å². The largest absolute Gasteiger partial charge is 0.352 e. The molecule has 0 saturated heterocycles. The zero-order valence-electron chi connectivity index (χ0n) is 12.3. The minimum atomic E-state index is -2.71. The third kappa shape index (κ3) is 2.79. The van der Waals surface area contributed by atoms with Crippen LogP contribution >= 0.6 is 0 Å². The molecule has 6 nitrogen and oxygen atoms in total. The summed E-state index contributed by atoms with van der Waals surface area (Å²) in [5, 5.41) is 9.17. The molecule has 0 radical (unpaired) electrons. The van der Waals surface area contributed by atoms with Crippen molar-refractivity contribution < 1.29 is 18.4 Å². The highest BCUT2D eigenvalue weighted by Crippen LogP contribution is 2.24. The van der Waals surface area contributed by atoms with Gasteiger partial charge in [-0.3, -0.25) is 14.3 Å². The first-order chi connectivity index (χ1) is 11.0. The van der Waals surface area contributed by atoms with E-state index in [0.29, 0.717) is 24.2 Å². The van der Waals surface area contributed by atoms with Gasteiger partial charge in [-0.05, 0) is 30.2 Å². The van der Waals surface area contributed by atoms with E-state index in [-0.39, 0.29) is 17.3 Å². The molecule has 8 heteroatoms. The summed E-state index contributed by atoms with van der Waals surface area (Å²) in [7, 11) is 1.35. The number of nitrogens with zero attached hydrogens (tertiary/aromatic N) is 2. The first kappa shape index (κ1) is 15.1. The average molecular weight is 320 g/mol. The fraction of sp³-hybridized carbons (Fsp3) is 0.267. The summed E-state index contributed by atoms with van der Waals surface area (Å²) < 4.78 is 26.5. The molecule has 2 amide bonds. The molecule has 0 saturated carbocycles. The number of aromatic nitrogens is 2. The predicted molar refractivity (Wildman–Crippen MR) is 78.6 cm³/mol. The van der Waals surface area contributed by atoms with E-state index in [4.69, 9.17) is 0 Å². The van der Waals surface area contributed by atoms with E-state index in [1.54, 1.807) is 18.2 Å². The Hall–Kier alpha value is -2.77. The van der Waals surface area contributed by atoms with Crippen LogP contribution in [0.4, 0.5) is 14.5 Å². The number of aryl methyl sites for hydroxylation is 1. The van der Waals surface area contributed by atoms with Gasteiger partial charge in [0.05, 0.1) is 0 Å². The summed E-state index contributed by atoms with van der Waals surface area (Å²) in [5.41, 5.74) is 1.30. The van der Waals surface area contributed by atoms with Crippen molar-refractivity contribution in [2.24, 2.45) is 7.05 Å². The van der Waals surface area contributed by atoms with Crippen molar-refractivity contribution in [2.75, 3.05) is 11.9 Å². The second-order valence-corrected chi connectivity index (χ2v) is 5.17. The number of carbonyl (C=O) groups is 2. The van der Waals surface area contributed by atoms with Crippen molar-refractivity contribution >= 4 is 17.5 Å². The molecule has 1 aliphatic heterocycles. The normalized spacial score (nSPS) is 13.7. The van der Waals surface area contributed by atoms with Gasteiger partial charge in [0, 0.05) is 24.8 Å². The first-order valence-corrected chi connectivity index (χ1v) is 7.01. The highest BCUT2D eigenvalue weighted by atomic mass is 19.3. The third-order valence-electron chi connectivity index (χ3n) is 3.70. The number of fused-ring (bicyclic) bond motifs is 1. The monoisotopic (exact) mass is 320 g/mol. The molecule has 23 heavy (non-hydrogen) atoms. The van der Waals surface area contributed by atoms with Gasteiger partial charge in [-0.2, -0.15) is 5.10 Å². The van der Waals surface area contributed by atoms with E-state index >= 15 is 0 Å². The summed E-state index contributed by atoms with van der Waals surface area (Å²) in [6.07, 6.45) is -2.12. The molecule has 1 aromatic carbocycles. The van der Waals surface area contributed by atoms with Gasteiger partial charge in [-0.1, -0.05) is 6.07 Å². The van der Waals surface area contributed by atoms with Crippen LogP contribution in [0.1, 0.15) is 38.5 Å². The SMILES string of the molecule is Cn1nc(C(=O)Nc2cccc3c2CCNC3=O)cc1C(F)F. The van der Waals surface area contributed by atoms with Crippen molar-refractivity contribution in [2.45, 2.75) is 12.8 Å². The number of benzene rings is 1. The van der Waals surface area contributed by atoms with Gasteiger partial charge >= 0.3 is 0 Å². The number of halogens is 2. The topological polar surface area (TPSA) is 76.0 Å². The molecular weight excluding hydrogens is 306 g/mol. The van der Waals surface area contributed by atoms with Crippen molar-refractivity contribution in [3.8, 4) is 0 Å². The van der Waals surface area contributed by atoms with Crippen LogP contribution in [0.15, 0.2) is 24.3 Å². The maximum atomic E-state index is 12.8. The Morgan fingerprint density at radius 3 is 2.91 bits per heavy atom. The molecule has 2 heterocycles. The average Bonchev–Trinajstić information content (AvgIpc) is 2.91. The summed E-state index contributed by atoms with van der Waals surface area (Å²) in [5.74, 6) is -0.785. The molecular formula is C15H14F2N4O2. The Labute approximate surface area is 130 Å². The van der Waals surface area contributed by atoms with Gasteiger partial charge in [0.2, 0.25) is 0 Å². The Morgan fingerprint density at radius 1 is 1.43 bits per heavy atom. The van der Waals surface area contributed by atoms with E-state index in [1.807, 2.05) is 0 Å². The Balaban J connectivity index is 1.88. The molecule has 2 N–H and O–H groups in total. The number of carbonyl (C=O) groups excluding carboxylic acids is 2. The highest BCUT2D eigenvalue weighted by molar-refractivity contribution is 6.05. The molecule has 120 valence electrons. The van der Waals surface area contributed by atoms with Crippen LogP contribution in [0, 0.1) is 0 Å². The van der Waals surface area contributed by atoms with Crippen LogP contribution in [0.2, 0.25) is 0 Å². The smallest absolute Gasteiger partial charge is 0.280 e. The van der Waals surface area contributed by atoms with E-state index < -0.39 is 12.3 Å². The number of rotatable bonds is 3. The van der Waals surface area contributed by atoms with Crippen LogP contribution in [0.25, 0.3) is 0 Å². The minimum Gasteiger partial charge on any atom is -0.352 e. The van der Waals surface area contributed by atoms with E-state index in [9.17, 15) is 18.4 Å². The van der Waals surface area contributed by atoms with Crippen molar-refractivity contribution in [1.82, 2.24) is 15.1 Å².